The molecule has 0 aliphatic rings. The van der Waals surface area contributed by atoms with Gasteiger partial charge in [0.25, 0.3) is 5.91 Å². The molecule has 102 valence electrons. The number of rotatable bonds is 4. The van der Waals surface area contributed by atoms with Crippen molar-refractivity contribution in [1.29, 1.82) is 0 Å². The second kappa shape index (κ2) is 5.62. The molecule has 0 unspecified atom stereocenters. The summed E-state index contributed by atoms with van der Waals surface area (Å²) >= 11 is 4.90. The Morgan fingerprint density at radius 1 is 1.10 bits per heavy atom. The van der Waals surface area contributed by atoms with Gasteiger partial charge in [-0.15, -0.1) is 10.2 Å². The van der Waals surface area contributed by atoms with Gasteiger partial charge in [0, 0.05) is 18.3 Å². The molecule has 0 fully saturated rings. The standard InChI is InChI=1S/C13H13N5OS/c1-18(9-4-2-8(3-5-9)13(15)20)11-7-6-10(12(14)19)16-17-11/h2-7H,1H3,(H2,14,19)(H2,15,20). The number of carbonyl (C=O) groups excluding carboxylic acids is 1. The van der Waals surface area contributed by atoms with Crippen molar-refractivity contribution < 1.29 is 4.79 Å². The Morgan fingerprint density at radius 2 is 1.75 bits per heavy atom. The molecule has 0 aliphatic carbocycles. The molecule has 20 heavy (non-hydrogen) atoms. The van der Waals surface area contributed by atoms with Crippen LogP contribution in [0.25, 0.3) is 0 Å². The zero-order valence-electron chi connectivity index (χ0n) is 10.8. The van der Waals surface area contributed by atoms with Gasteiger partial charge in [0.1, 0.15) is 4.99 Å². The van der Waals surface area contributed by atoms with Crippen molar-refractivity contribution in [1.82, 2.24) is 10.2 Å². The maximum absolute atomic E-state index is 10.9. The first kappa shape index (κ1) is 13.9. The van der Waals surface area contributed by atoms with Crippen molar-refractivity contribution in [2.45, 2.75) is 0 Å². The minimum Gasteiger partial charge on any atom is -0.389 e. The van der Waals surface area contributed by atoms with Crippen LogP contribution in [0.2, 0.25) is 0 Å². The second-order valence-corrected chi connectivity index (χ2v) is 4.55. The summed E-state index contributed by atoms with van der Waals surface area (Å²) in [6.07, 6.45) is 0. The van der Waals surface area contributed by atoms with E-state index < -0.39 is 5.91 Å². The lowest BCUT2D eigenvalue weighted by molar-refractivity contribution is 0.0994. The number of hydrogen-bond acceptors (Lipinski definition) is 5. The molecule has 2 rings (SSSR count). The number of thiocarbonyl (C=S) groups is 1. The highest BCUT2D eigenvalue weighted by molar-refractivity contribution is 7.80. The molecule has 0 saturated carbocycles. The number of hydrogen-bond donors (Lipinski definition) is 2. The summed E-state index contributed by atoms with van der Waals surface area (Å²) in [6.45, 7) is 0. The summed E-state index contributed by atoms with van der Waals surface area (Å²) in [6, 6.07) is 10.6. The Kier molecular flexibility index (Phi) is 3.90. The van der Waals surface area contributed by atoms with Gasteiger partial charge in [0.15, 0.2) is 11.5 Å². The van der Waals surface area contributed by atoms with Crippen molar-refractivity contribution in [3.8, 4) is 0 Å². The number of nitrogens with two attached hydrogens (primary N) is 2. The van der Waals surface area contributed by atoms with E-state index in [1.807, 2.05) is 36.2 Å². The summed E-state index contributed by atoms with van der Waals surface area (Å²) in [5.74, 6) is -0.00871. The van der Waals surface area contributed by atoms with Crippen LogP contribution in [0.1, 0.15) is 16.1 Å². The zero-order valence-corrected chi connectivity index (χ0v) is 11.6. The molecule has 1 aromatic heterocycles. The predicted octanol–water partition coefficient (Wildman–Crippen LogP) is 0.978. The molecular weight excluding hydrogens is 274 g/mol. The number of aromatic nitrogens is 2. The molecular formula is C13H13N5OS. The van der Waals surface area contributed by atoms with Gasteiger partial charge in [0.05, 0.1) is 0 Å². The first-order chi connectivity index (χ1) is 9.49. The van der Waals surface area contributed by atoms with Gasteiger partial charge in [-0.1, -0.05) is 12.2 Å². The van der Waals surface area contributed by atoms with Crippen molar-refractivity contribution in [3.05, 3.63) is 47.7 Å². The second-order valence-electron chi connectivity index (χ2n) is 4.11. The lowest BCUT2D eigenvalue weighted by Gasteiger charge is -2.17. The number of primary amides is 1. The van der Waals surface area contributed by atoms with Gasteiger partial charge in [-0.3, -0.25) is 4.79 Å². The van der Waals surface area contributed by atoms with Crippen LogP contribution in [0.5, 0.6) is 0 Å². The van der Waals surface area contributed by atoms with Crippen molar-refractivity contribution in [3.63, 3.8) is 0 Å². The molecule has 0 saturated heterocycles. The smallest absolute Gasteiger partial charge is 0.269 e. The summed E-state index contributed by atoms with van der Waals surface area (Å²) in [4.78, 5) is 13.1. The van der Waals surface area contributed by atoms with E-state index in [1.54, 1.807) is 6.07 Å². The number of anilines is 2. The van der Waals surface area contributed by atoms with Crippen LogP contribution in [-0.4, -0.2) is 28.1 Å². The first-order valence-corrected chi connectivity index (χ1v) is 6.17. The Labute approximate surface area is 121 Å². The highest BCUT2D eigenvalue weighted by Gasteiger charge is 2.08. The molecule has 1 amide bonds. The topological polar surface area (TPSA) is 98.1 Å². The lowest BCUT2D eigenvalue weighted by atomic mass is 10.2. The molecule has 4 N–H and O–H groups in total. The summed E-state index contributed by atoms with van der Waals surface area (Å²) in [7, 11) is 1.84. The van der Waals surface area contributed by atoms with Crippen LogP contribution in [0, 0.1) is 0 Å². The van der Waals surface area contributed by atoms with Crippen LogP contribution < -0.4 is 16.4 Å². The fourth-order valence-corrected chi connectivity index (χ4v) is 1.75. The minimum atomic E-state index is -0.604. The molecule has 0 bridgehead atoms. The number of amides is 1. The maximum atomic E-state index is 10.9. The average Bonchev–Trinajstić information content (AvgIpc) is 2.46. The quantitative estimate of drug-likeness (QED) is 0.813. The van der Waals surface area contributed by atoms with Gasteiger partial charge < -0.3 is 16.4 Å². The van der Waals surface area contributed by atoms with E-state index in [9.17, 15) is 4.79 Å². The van der Waals surface area contributed by atoms with Crippen LogP contribution >= 0.6 is 12.2 Å². The van der Waals surface area contributed by atoms with Crippen molar-refractivity contribution in [2.75, 3.05) is 11.9 Å². The molecule has 0 radical (unpaired) electrons. The van der Waals surface area contributed by atoms with Gasteiger partial charge in [0.2, 0.25) is 0 Å². The SMILES string of the molecule is CN(c1ccc(C(N)=S)cc1)c1ccc(C(N)=O)nn1. The van der Waals surface area contributed by atoms with Gasteiger partial charge in [-0.2, -0.15) is 0 Å². The molecule has 2 aromatic rings. The Morgan fingerprint density at radius 3 is 2.20 bits per heavy atom. The molecule has 0 spiro atoms. The van der Waals surface area contributed by atoms with E-state index in [2.05, 4.69) is 10.2 Å². The highest BCUT2D eigenvalue weighted by Crippen LogP contribution is 2.21. The average molecular weight is 287 g/mol. The molecule has 1 aromatic carbocycles. The summed E-state index contributed by atoms with van der Waals surface area (Å²) in [5.41, 5.74) is 12.5. The zero-order chi connectivity index (χ0) is 14.7. The van der Waals surface area contributed by atoms with E-state index in [1.165, 1.54) is 6.07 Å². The number of benzene rings is 1. The van der Waals surface area contributed by atoms with Crippen molar-refractivity contribution in [2.24, 2.45) is 11.5 Å². The number of carbonyl (C=O) groups is 1. The van der Waals surface area contributed by atoms with E-state index in [-0.39, 0.29) is 5.69 Å². The largest absolute Gasteiger partial charge is 0.389 e. The van der Waals surface area contributed by atoms with Crippen LogP contribution in [0.15, 0.2) is 36.4 Å². The predicted molar refractivity (Wildman–Crippen MR) is 80.9 cm³/mol. The fourth-order valence-electron chi connectivity index (χ4n) is 1.62. The van der Waals surface area contributed by atoms with E-state index in [4.69, 9.17) is 23.7 Å². The van der Waals surface area contributed by atoms with Crippen LogP contribution in [-0.2, 0) is 0 Å². The monoisotopic (exact) mass is 287 g/mol. The first-order valence-electron chi connectivity index (χ1n) is 5.76. The fraction of sp³-hybridized carbons (Fsp3) is 0.0769. The third-order valence-electron chi connectivity index (χ3n) is 2.79. The lowest BCUT2D eigenvalue weighted by Crippen LogP contribution is -2.17. The molecule has 0 aliphatic heterocycles. The number of nitrogens with zero attached hydrogens (tertiary/aromatic N) is 3. The Hall–Kier alpha value is -2.54. The van der Waals surface area contributed by atoms with Gasteiger partial charge in [-0.05, 0) is 36.4 Å². The van der Waals surface area contributed by atoms with E-state index >= 15 is 0 Å². The highest BCUT2D eigenvalue weighted by atomic mass is 32.1. The van der Waals surface area contributed by atoms with Crippen LogP contribution in [0.3, 0.4) is 0 Å². The van der Waals surface area contributed by atoms with E-state index in [0.29, 0.717) is 10.8 Å². The van der Waals surface area contributed by atoms with E-state index in [0.717, 1.165) is 11.3 Å². The minimum absolute atomic E-state index is 0.131. The van der Waals surface area contributed by atoms with Gasteiger partial charge in [-0.25, -0.2) is 0 Å². The normalized spacial score (nSPS) is 10.1. The van der Waals surface area contributed by atoms with Crippen LogP contribution in [0.4, 0.5) is 11.5 Å². The summed E-state index contributed by atoms with van der Waals surface area (Å²) < 4.78 is 0. The molecule has 1 heterocycles. The maximum Gasteiger partial charge on any atom is 0.269 e. The molecule has 6 nitrogen and oxygen atoms in total. The Balaban J connectivity index is 2.24. The Bertz CT molecular complexity index is 581. The van der Waals surface area contributed by atoms with Gasteiger partial charge >= 0.3 is 0 Å². The molecule has 0 atom stereocenters. The molecule has 7 heteroatoms. The third kappa shape index (κ3) is 2.89. The summed E-state index contributed by atoms with van der Waals surface area (Å²) in [5, 5.41) is 7.72. The third-order valence-corrected chi connectivity index (χ3v) is 3.02. The van der Waals surface area contributed by atoms with Crippen molar-refractivity contribution >= 4 is 34.6 Å².